The summed E-state index contributed by atoms with van der Waals surface area (Å²) in [6.07, 6.45) is 1.87. The minimum Gasteiger partial charge on any atom is -0.485 e. The first-order valence-corrected chi connectivity index (χ1v) is 8.79. The molecule has 1 heterocycles. The molecule has 1 aromatic rings. The number of urea groups is 1. The number of nitrogens with two attached hydrogens (primary N) is 1. The van der Waals surface area contributed by atoms with Crippen LogP contribution >= 0.6 is 0 Å². The third-order valence-corrected chi connectivity index (χ3v) is 4.33. The molecule has 1 atom stereocenters. The van der Waals surface area contributed by atoms with Gasteiger partial charge in [0.25, 0.3) is 0 Å². The van der Waals surface area contributed by atoms with Crippen molar-refractivity contribution < 1.29 is 14.3 Å². The number of ether oxygens (including phenoxy) is 1. The highest BCUT2D eigenvalue weighted by molar-refractivity contribution is 5.76. The van der Waals surface area contributed by atoms with E-state index in [4.69, 9.17) is 10.5 Å². The number of nitrogens with one attached hydrogen (secondary N) is 1. The van der Waals surface area contributed by atoms with Crippen LogP contribution in [0.25, 0.3) is 0 Å². The molecule has 7 nitrogen and oxygen atoms in total. The Morgan fingerprint density at radius 1 is 1.36 bits per heavy atom. The van der Waals surface area contributed by atoms with Crippen LogP contribution in [-0.2, 0) is 4.79 Å². The molecule has 25 heavy (non-hydrogen) atoms. The lowest BCUT2D eigenvalue weighted by molar-refractivity contribution is -0.131. The second kappa shape index (κ2) is 9.15. The molecular formula is C18H28N4O3. The van der Waals surface area contributed by atoms with Crippen LogP contribution in [0.2, 0.25) is 0 Å². The number of amides is 3. The van der Waals surface area contributed by atoms with Crippen molar-refractivity contribution in [2.24, 2.45) is 5.73 Å². The number of fused-ring (bicyclic) bond motifs is 1. The maximum absolute atomic E-state index is 12.3. The Balaban J connectivity index is 1.79. The molecule has 0 aromatic heterocycles. The van der Waals surface area contributed by atoms with Crippen LogP contribution in [0.5, 0.6) is 5.75 Å². The van der Waals surface area contributed by atoms with E-state index in [2.05, 4.69) is 23.2 Å². The molecule has 3 amide bonds. The van der Waals surface area contributed by atoms with Gasteiger partial charge >= 0.3 is 6.03 Å². The van der Waals surface area contributed by atoms with Crippen molar-refractivity contribution in [3.05, 3.63) is 24.3 Å². The molecule has 1 aromatic carbocycles. The molecule has 0 spiro atoms. The average molecular weight is 348 g/mol. The lowest BCUT2D eigenvalue weighted by Gasteiger charge is -2.37. The largest absolute Gasteiger partial charge is 0.485 e. The molecule has 138 valence electrons. The van der Waals surface area contributed by atoms with Gasteiger partial charge in [-0.2, -0.15) is 0 Å². The topological polar surface area (TPSA) is 87.9 Å². The fourth-order valence-electron chi connectivity index (χ4n) is 2.98. The van der Waals surface area contributed by atoms with Crippen LogP contribution < -0.4 is 20.7 Å². The van der Waals surface area contributed by atoms with Gasteiger partial charge in [-0.15, -0.1) is 0 Å². The van der Waals surface area contributed by atoms with E-state index >= 15 is 0 Å². The monoisotopic (exact) mass is 348 g/mol. The summed E-state index contributed by atoms with van der Waals surface area (Å²) >= 11 is 0. The molecule has 1 aliphatic rings. The Morgan fingerprint density at radius 3 is 2.84 bits per heavy atom. The van der Waals surface area contributed by atoms with Gasteiger partial charge in [-0.1, -0.05) is 12.1 Å². The van der Waals surface area contributed by atoms with E-state index in [1.165, 1.54) is 0 Å². The van der Waals surface area contributed by atoms with E-state index in [9.17, 15) is 9.59 Å². The van der Waals surface area contributed by atoms with Crippen molar-refractivity contribution in [1.82, 2.24) is 10.2 Å². The molecule has 1 aliphatic heterocycles. The number of hydrogen-bond donors (Lipinski definition) is 2. The number of carbonyl (C=O) groups excluding carboxylic acids is 2. The third kappa shape index (κ3) is 5.55. The first kappa shape index (κ1) is 18.9. The number of rotatable bonds is 8. The van der Waals surface area contributed by atoms with Crippen molar-refractivity contribution in [3.8, 4) is 5.75 Å². The van der Waals surface area contributed by atoms with Crippen LogP contribution in [0.15, 0.2) is 24.3 Å². The second-order valence-corrected chi connectivity index (χ2v) is 6.27. The molecule has 0 saturated heterocycles. The molecule has 7 heteroatoms. The minimum absolute atomic E-state index is 0.0414. The molecule has 0 aliphatic carbocycles. The molecule has 2 rings (SSSR count). The minimum atomic E-state index is -0.529. The number of likely N-dealkylation sites (N-methyl/N-ethyl adjacent to an activating group) is 2. The Labute approximate surface area is 149 Å². The summed E-state index contributed by atoms with van der Waals surface area (Å²) in [4.78, 5) is 26.8. The highest BCUT2D eigenvalue weighted by atomic mass is 16.5. The van der Waals surface area contributed by atoms with Crippen molar-refractivity contribution >= 4 is 17.6 Å². The van der Waals surface area contributed by atoms with Gasteiger partial charge in [0.05, 0.1) is 18.8 Å². The number of benzene rings is 1. The van der Waals surface area contributed by atoms with Gasteiger partial charge in [0.15, 0.2) is 0 Å². The van der Waals surface area contributed by atoms with Crippen LogP contribution in [0.1, 0.15) is 26.2 Å². The van der Waals surface area contributed by atoms with Gasteiger partial charge < -0.3 is 25.6 Å². The number of primary amides is 1. The summed E-state index contributed by atoms with van der Waals surface area (Å²) in [5.41, 5.74) is 6.11. The van der Waals surface area contributed by atoms with Crippen LogP contribution in [-0.4, -0.2) is 56.2 Å². The number of para-hydroxylation sites is 2. The third-order valence-electron chi connectivity index (χ3n) is 4.33. The van der Waals surface area contributed by atoms with Crippen molar-refractivity contribution in [2.75, 3.05) is 38.1 Å². The number of unbranched alkanes of at least 4 members (excludes halogenated alkanes) is 1. The van der Waals surface area contributed by atoms with E-state index < -0.39 is 6.03 Å². The van der Waals surface area contributed by atoms with E-state index in [-0.39, 0.29) is 12.0 Å². The zero-order chi connectivity index (χ0) is 18.2. The summed E-state index contributed by atoms with van der Waals surface area (Å²) in [5.74, 6) is 0.962. The Morgan fingerprint density at radius 2 is 2.12 bits per heavy atom. The second-order valence-electron chi connectivity index (χ2n) is 6.27. The fourth-order valence-corrected chi connectivity index (χ4v) is 2.98. The Hall–Kier alpha value is -2.44. The standard InChI is InChI=1S/C18H28N4O3/c1-3-22-13-14(25-16-9-5-4-8-15(16)22)12-21(2)17(23)10-6-7-11-20-18(19)24/h4-5,8-9,14H,3,6-7,10-13H2,1-2H3,(H3,19,20,24)/t14-/m1/s1. The molecular weight excluding hydrogens is 320 g/mol. The van der Waals surface area contributed by atoms with Gasteiger partial charge in [0.2, 0.25) is 5.91 Å². The highest BCUT2D eigenvalue weighted by Crippen LogP contribution is 2.32. The van der Waals surface area contributed by atoms with Gasteiger partial charge in [-0.25, -0.2) is 4.79 Å². The summed E-state index contributed by atoms with van der Waals surface area (Å²) in [6.45, 7) is 4.85. The predicted octanol–water partition coefficient (Wildman–Crippen LogP) is 1.57. The first-order valence-electron chi connectivity index (χ1n) is 8.79. The number of carbonyl (C=O) groups is 2. The van der Waals surface area contributed by atoms with Gasteiger partial charge in [0.1, 0.15) is 11.9 Å². The summed E-state index contributed by atoms with van der Waals surface area (Å²) in [6, 6.07) is 7.47. The van der Waals surface area contributed by atoms with E-state index in [1.807, 2.05) is 25.2 Å². The predicted molar refractivity (Wildman–Crippen MR) is 97.8 cm³/mol. The number of hydrogen-bond acceptors (Lipinski definition) is 4. The van der Waals surface area contributed by atoms with Gasteiger partial charge in [-0.05, 0) is 31.9 Å². The van der Waals surface area contributed by atoms with Crippen LogP contribution in [0.3, 0.4) is 0 Å². The maximum Gasteiger partial charge on any atom is 0.312 e. The summed E-state index contributed by atoms with van der Waals surface area (Å²) in [7, 11) is 1.81. The number of anilines is 1. The van der Waals surface area contributed by atoms with E-state index in [0.717, 1.165) is 37.4 Å². The van der Waals surface area contributed by atoms with Gasteiger partial charge in [-0.3, -0.25) is 4.79 Å². The molecule has 0 radical (unpaired) electrons. The molecule has 0 saturated carbocycles. The first-order chi connectivity index (χ1) is 12.0. The number of nitrogens with zero attached hydrogens (tertiary/aromatic N) is 2. The zero-order valence-corrected chi connectivity index (χ0v) is 15.0. The van der Waals surface area contributed by atoms with Crippen LogP contribution in [0.4, 0.5) is 10.5 Å². The van der Waals surface area contributed by atoms with Crippen molar-refractivity contribution in [2.45, 2.75) is 32.3 Å². The smallest absolute Gasteiger partial charge is 0.312 e. The quantitative estimate of drug-likeness (QED) is 0.698. The zero-order valence-electron chi connectivity index (χ0n) is 15.0. The lowest BCUT2D eigenvalue weighted by Crippen LogP contribution is -2.46. The van der Waals surface area contributed by atoms with Crippen molar-refractivity contribution in [1.29, 1.82) is 0 Å². The fraction of sp³-hybridized carbons (Fsp3) is 0.556. The molecule has 0 fully saturated rings. The van der Waals surface area contributed by atoms with E-state index in [1.54, 1.807) is 4.90 Å². The summed E-state index contributed by atoms with van der Waals surface area (Å²) < 4.78 is 6.06. The van der Waals surface area contributed by atoms with Crippen molar-refractivity contribution in [3.63, 3.8) is 0 Å². The van der Waals surface area contributed by atoms with Gasteiger partial charge in [0, 0.05) is 26.6 Å². The Bertz CT molecular complexity index is 593. The Kier molecular flexibility index (Phi) is 6.91. The normalized spacial score (nSPS) is 15.9. The molecule has 0 bridgehead atoms. The molecule has 3 N–H and O–H groups in total. The average Bonchev–Trinajstić information content (AvgIpc) is 2.60. The lowest BCUT2D eigenvalue weighted by atomic mass is 10.1. The maximum atomic E-state index is 12.3. The van der Waals surface area contributed by atoms with Crippen LogP contribution in [0, 0.1) is 0 Å². The van der Waals surface area contributed by atoms with E-state index in [0.29, 0.717) is 19.5 Å². The summed E-state index contributed by atoms with van der Waals surface area (Å²) in [5, 5.41) is 2.52. The highest BCUT2D eigenvalue weighted by Gasteiger charge is 2.26. The molecule has 0 unspecified atom stereocenters. The SMILES string of the molecule is CCN1C[C@@H](CN(C)C(=O)CCCCNC(N)=O)Oc2ccccc21.